The molecule has 0 atom stereocenters. The molecule has 3 rings (SSSR count). The van der Waals surface area contributed by atoms with Crippen LogP contribution < -0.4 is 0 Å². The van der Waals surface area contributed by atoms with E-state index in [2.05, 4.69) is 10.2 Å². The lowest BCUT2D eigenvalue weighted by atomic mass is 10.1. The number of hydrogen-bond donors (Lipinski definition) is 1. The standard InChI is InChI=1S/C15H16ClN3O/c16-12-7-3-2-6-11(12)13-10-14(18-17-13)15(20)19-8-4-1-5-9-19/h2-3,6-7,10H,1,4-5,8-9H2,(H,17,18). The van der Waals surface area contributed by atoms with Gasteiger partial charge in [-0.05, 0) is 31.4 Å². The van der Waals surface area contributed by atoms with Crippen molar-refractivity contribution in [3.8, 4) is 11.3 Å². The second kappa shape index (κ2) is 5.67. The zero-order valence-corrected chi connectivity index (χ0v) is 11.9. The van der Waals surface area contributed by atoms with Gasteiger partial charge in [-0.3, -0.25) is 9.89 Å². The summed E-state index contributed by atoms with van der Waals surface area (Å²) in [5, 5.41) is 7.67. The molecule has 5 heteroatoms. The van der Waals surface area contributed by atoms with Crippen LogP contribution in [-0.4, -0.2) is 34.1 Å². The van der Waals surface area contributed by atoms with Gasteiger partial charge in [-0.15, -0.1) is 0 Å². The van der Waals surface area contributed by atoms with Crippen LogP contribution >= 0.6 is 11.6 Å². The van der Waals surface area contributed by atoms with Gasteiger partial charge < -0.3 is 4.90 Å². The summed E-state index contributed by atoms with van der Waals surface area (Å²) in [5.41, 5.74) is 2.07. The van der Waals surface area contributed by atoms with E-state index < -0.39 is 0 Å². The van der Waals surface area contributed by atoms with E-state index in [0.29, 0.717) is 16.4 Å². The lowest BCUT2D eigenvalue weighted by Gasteiger charge is -2.25. The fraction of sp³-hybridized carbons (Fsp3) is 0.333. The number of H-pyrrole nitrogens is 1. The van der Waals surface area contributed by atoms with E-state index in [9.17, 15) is 4.79 Å². The molecule has 104 valence electrons. The molecule has 1 aromatic carbocycles. The van der Waals surface area contributed by atoms with Gasteiger partial charge >= 0.3 is 0 Å². The number of nitrogens with zero attached hydrogens (tertiary/aromatic N) is 2. The first-order valence-electron chi connectivity index (χ1n) is 6.85. The van der Waals surface area contributed by atoms with E-state index in [1.165, 1.54) is 6.42 Å². The summed E-state index contributed by atoms with van der Waals surface area (Å²) in [6.45, 7) is 1.67. The normalized spacial score (nSPS) is 15.3. The van der Waals surface area contributed by atoms with Crippen LogP contribution in [0.1, 0.15) is 29.8 Å². The van der Waals surface area contributed by atoms with Crippen LogP contribution in [0, 0.1) is 0 Å². The van der Waals surface area contributed by atoms with E-state index in [4.69, 9.17) is 11.6 Å². The Bertz CT molecular complexity index is 617. The van der Waals surface area contributed by atoms with Crippen molar-refractivity contribution < 1.29 is 4.79 Å². The van der Waals surface area contributed by atoms with Crippen LogP contribution in [-0.2, 0) is 0 Å². The third-order valence-corrected chi connectivity index (χ3v) is 3.93. The van der Waals surface area contributed by atoms with Crippen molar-refractivity contribution in [1.82, 2.24) is 15.1 Å². The minimum atomic E-state index is 0.0236. The van der Waals surface area contributed by atoms with Crippen molar-refractivity contribution in [3.63, 3.8) is 0 Å². The van der Waals surface area contributed by atoms with Crippen molar-refractivity contribution in [1.29, 1.82) is 0 Å². The topological polar surface area (TPSA) is 49.0 Å². The average Bonchev–Trinajstić information content (AvgIpc) is 2.97. The van der Waals surface area contributed by atoms with Crippen molar-refractivity contribution in [2.24, 2.45) is 0 Å². The van der Waals surface area contributed by atoms with E-state index in [-0.39, 0.29) is 5.91 Å². The highest BCUT2D eigenvalue weighted by molar-refractivity contribution is 6.33. The zero-order chi connectivity index (χ0) is 13.9. The first-order valence-corrected chi connectivity index (χ1v) is 7.23. The quantitative estimate of drug-likeness (QED) is 0.921. The molecular weight excluding hydrogens is 274 g/mol. The predicted molar refractivity (Wildman–Crippen MR) is 78.8 cm³/mol. The number of benzene rings is 1. The molecule has 0 unspecified atom stereocenters. The number of aromatic amines is 1. The fourth-order valence-corrected chi connectivity index (χ4v) is 2.74. The Hall–Kier alpha value is -1.81. The molecule has 1 fully saturated rings. The maximum atomic E-state index is 12.4. The Morgan fingerprint density at radius 1 is 1.20 bits per heavy atom. The highest BCUT2D eigenvalue weighted by Crippen LogP contribution is 2.26. The Morgan fingerprint density at radius 2 is 1.95 bits per heavy atom. The highest BCUT2D eigenvalue weighted by Gasteiger charge is 2.20. The van der Waals surface area contributed by atoms with Crippen LogP contribution in [0.3, 0.4) is 0 Å². The number of carbonyl (C=O) groups excluding carboxylic acids is 1. The third-order valence-electron chi connectivity index (χ3n) is 3.60. The molecule has 0 saturated carbocycles. The smallest absolute Gasteiger partial charge is 0.271 e. The second-order valence-corrected chi connectivity index (χ2v) is 5.41. The Balaban J connectivity index is 1.83. The monoisotopic (exact) mass is 289 g/mol. The van der Waals surface area contributed by atoms with Crippen LogP contribution in [0.4, 0.5) is 0 Å². The molecular formula is C15H16ClN3O. The average molecular weight is 290 g/mol. The number of rotatable bonds is 2. The molecule has 2 heterocycles. The molecule has 0 aliphatic carbocycles. The largest absolute Gasteiger partial charge is 0.337 e. The SMILES string of the molecule is O=C(c1cc(-c2ccccc2Cl)n[nH]1)N1CCCCC1. The summed E-state index contributed by atoms with van der Waals surface area (Å²) < 4.78 is 0. The Labute approximate surface area is 122 Å². The first kappa shape index (κ1) is 13.2. The zero-order valence-electron chi connectivity index (χ0n) is 11.1. The minimum absolute atomic E-state index is 0.0236. The molecule has 2 aromatic rings. The Morgan fingerprint density at radius 3 is 2.70 bits per heavy atom. The molecule has 4 nitrogen and oxygen atoms in total. The highest BCUT2D eigenvalue weighted by atomic mass is 35.5. The van der Waals surface area contributed by atoms with Gasteiger partial charge in [0.1, 0.15) is 5.69 Å². The van der Waals surface area contributed by atoms with Gasteiger partial charge in [-0.25, -0.2) is 0 Å². The molecule has 1 amide bonds. The van der Waals surface area contributed by atoms with Crippen LogP contribution in [0.25, 0.3) is 11.3 Å². The number of halogens is 1. The first-order chi connectivity index (χ1) is 9.75. The van der Waals surface area contributed by atoms with E-state index in [1.54, 1.807) is 6.07 Å². The van der Waals surface area contributed by atoms with Crippen molar-refractivity contribution in [2.45, 2.75) is 19.3 Å². The number of hydrogen-bond acceptors (Lipinski definition) is 2. The molecule has 1 N–H and O–H groups in total. The van der Waals surface area contributed by atoms with Gasteiger partial charge in [0, 0.05) is 18.7 Å². The second-order valence-electron chi connectivity index (χ2n) is 5.00. The van der Waals surface area contributed by atoms with Gasteiger partial charge in [-0.1, -0.05) is 29.8 Å². The maximum Gasteiger partial charge on any atom is 0.271 e. The predicted octanol–water partition coefficient (Wildman–Crippen LogP) is 3.36. The molecule has 0 spiro atoms. The summed E-state index contributed by atoms with van der Waals surface area (Å²) >= 11 is 6.15. The lowest BCUT2D eigenvalue weighted by Crippen LogP contribution is -2.35. The third kappa shape index (κ3) is 2.56. The van der Waals surface area contributed by atoms with Gasteiger partial charge in [0.15, 0.2) is 0 Å². The van der Waals surface area contributed by atoms with Gasteiger partial charge in [0.2, 0.25) is 0 Å². The van der Waals surface area contributed by atoms with Crippen LogP contribution in [0.15, 0.2) is 30.3 Å². The van der Waals surface area contributed by atoms with Crippen molar-refractivity contribution >= 4 is 17.5 Å². The van der Waals surface area contributed by atoms with Crippen molar-refractivity contribution in [2.75, 3.05) is 13.1 Å². The number of likely N-dealkylation sites (tertiary alicyclic amines) is 1. The fourth-order valence-electron chi connectivity index (χ4n) is 2.51. The van der Waals surface area contributed by atoms with E-state index in [1.807, 2.05) is 29.2 Å². The number of piperidine rings is 1. The Kier molecular flexibility index (Phi) is 3.74. The summed E-state index contributed by atoms with van der Waals surface area (Å²) in [4.78, 5) is 14.2. The molecule has 0 bridgehead atoms. The number of aromatic nitrogens is 2. The minimum Gasteiger partial charge on any atom is -0.337 e. The number of nitrogens with one attached hydrogen (secondary N) is 1. The molecule has 0 radical (unpaired) electrons. The van der Waals surface area contributed by atoms with Crippen LogP contribution in [0.5, 0.6) is 0 Å². The molecule has 1 aliphatic heterocycles. The summed E-state index contributed by atoms with van der Waals surface area (Å²) in [7, 11) is 0. The summed E-state index contributed by atoms with van der Waals surface area (Å²) in [5.74, 6) is 0.0236. The van der Waals surface area contributed by atoms with Crippen LogP contribution in [0.2, 0.25) is 5.02 Å². The molecule has 1 saturated heterocycles. The van der Waals surface area contributed by atoms with E-state index in [0.717, 1.165) is 31.5 Å². The number of amides is 1. The number of carbonyl (C=O) groups is 1. The van der Waals surface area contributed by atoms with Gasteiger partial charge in [-0.2, -0.15) is 5.10 Å². The lowest BCUT2D eigenvalue weighted by molar-refractivity contribution is 0.0718. The van der Waals surface area contributed by atoms with Crippen molar-refractivity contribution in [3.05, 3.63) is 41.0 Å². The summed E-state index contributed by atoms with van der Waals surface area (Å²) in [6, 6.07) is 9.27. The molecule has 1 aromatic heterocycles. The van der Waals surface area contributed by atoms with E-state index >= 15 is 0 Å². The van der Waals surface area contributed by atoms with Gasteiger partial charge in [0.05, 0.1) is 10.7 Å². The van der Waals surface area contributed by atoms with Gasteiger partial charge in [0.25, 0.3) is 5.91 Å². The molecule has 1 aliphatic rings. The molecule has 20 heavy (non-hydrogen) atoms. The maximum absolute atomic E-state index is 12.4. The summed E-state index contributed by atoms with van der Waals surface area (Å²) in [6.07, 6.45) is 3.37.